The van der Waals surface area contributed by atoms with Gasteiger partial charge in [0.1, 0.15) is 5.82 Å². The van der Waals surface area contributed by atoms with Gasteiger partial charge in [0.25, 0.3) is 5.82 Å². The Balaban J connectivity index is 2.11. The molecule has 0 saturated carbocycles. The number of carbonyl (C=O) groups is 1. The third-order valence-corrected chi connectivity index (χ3v) is 3.35. The summed E-state index contributed by atoms with van der Waals surface area (Å²) in [6.45, 7) is 0. The average molecular weight is 213 g/mol. The molecule has 2 rings (SSSR count). The highest BCUT2D eigenvalue weighted by atomic mass is 32.2. The molecule has 1 saturated heterocycles. The molecule has 0 bridgehead atoms. The van der Waals surface area contributed by atoms with Crippen LogP contribution in [0, 0.1) is 0 Å². The van der Waals surface area contributed by atoms with Crippen LogP contribution in [0.1, 0.15) is 35.2 Å². The first kappa shape index (κ1) is 9.51. The molecule has 76 valence electrons. The van der Waals surface area contributed by atoms with E-state index in [2.05, 4.69) is 15.2 Å². The fraction of sp³-hybridized carbons (Fsp3) is 0.625. The fourth-order valence-corrected chi connectivity index (χ4v) is 2.63. The average Bonchev–Trinajstić information content (AvgIpc) is 2.68. The van der Waals surface area contributed by atoms with E-state index in [-0.39, 0.29) is 5.82 Å². The Labute approximate surface area is 85.3 Å². The summed E-state index contributed by atoms with van der Waals surface area (Å²) in [5.74, 6) is 2.12. The van der Waals surface area contributed by atoms with Crippen molar-refractivity contribution < 1.29 is 9.90 Å². The van der Waals surface area contributed by atoms with E-state index in [9.17, 15) is 4.79 Å². The second kappa shape index (κ2) is 4.00. The molecular formula is C8H11N3O2S. The van der Waals surface area contributed by atoms with Gasteiger partial charge < -0.3 is 5.11 Å². The summed E-state index contributed by atoms with van der Waals surface area (Å²) in [5.41, 5.74) is 0. The Morgan fingerprint density at radius 3 is 2.79 bits per heavy atom. The molecule has 0 radical (unpaired) electrons. The summed E-state index contributed by atoms with van der Waals surface area (Å²) in [4.78, 5) is 14.5. The van der Waals surface area contributed by atoms with Crippen LogP contribution in [0.4, 0.5) is 0 Å². The van der Waals surface area contributed by atoms with E-state index in [0.29, 0.717) is 5.92 Å². The zero-order valence-corrected chi connectivity index (χ0v) is 8.38. The molecule has 1 aromatic rings. The number of carboxylic acid groups (broad SMARTS) is 1. The van der Waals surface area contributed by atoms with Gasteiger partial charge >= 0.3 is 5.97 Å². The largest absolute Gasteiger partial charge is 0.475 e. The molecule has 1 aromatic heterocycles. The quantitative estimate of drug-likeness (QED) is 0.769. The molecule has 14 heavy (non-hydrogen) atoms. The molecule has 0 unspecified atom stereocenters. The van der Waals surface area contributed by atoms with E-state index in [1.54, 1.807) is 0 Å². The lowest BCUT2D eigenvalue weighted by atomic mass is 10.0. The Kier molecular flexibility index (Phi) is 2.72. The van der Waals surface area contributed by atoms with Crippen molar-refractivity contribution >= 4 is 17.7 Å². The molecule has 2 N–H and O–H groups in total. The lowest BCUT2D eigenvalue weighted by Crippen LogP contribution is -2.09. The standard InChI is InChI=1S/C8H11N3O2S/c12-8(13)7-9-6(10-11-7)5-1-3-14-4-2-5/h5H,1-4H2,(H,12,13)(H,9,10,11). The van der Waals surface area contributed by atoms with E-state index in [4.69, 9.17) is 5.11 Å². The van der Waals surface area contributed by atoms with Gasteiger partial charge in [0, 0.05) is 5.92 Å². The number of nitrogens with zero attached hydrogens (tertiary/aromatic N) is 2. The molecule has 0 aromatic carbocycles. The Bertz CT molecular complexity index is 333. The number of rotatable bonds is 2. The molecule has 0 spiro atoms. The highest BCUT2D eigenvalue weighted by Gasteiger charge is 2.20. The van der Waals surface area contributed by atoms with Crippen molar-refractivity contribution in [1.29, 1.82) is 0 Å². The number of H-pyrrole nitrogens is 1. The van der Waals surface area contributed by atoms with Crippen LogP contribution in [-0.4, -0.2) is 37.8 Å². The number of aromatic carboxylic acids is 1. The number of carboxylic acids is 1. The summed E-state index contributed by atoms with van der Waals surface area (Å²) in [5, 5.41) is 15.0. The number of hydrogen-bond acceptors (Lipinski definition) is 4. The molecule has 2 heterocycles. The summed E-state index contributed by atoms with van der Waals surface area (Å²) in [7, 11) is 0. The second-order valence-corrected chi connectivity index (χ2v) is 4.46. The normalized spacial score (nSPS) is 18.3. The highest BCUT2D eigenvalue weighted by molar-refractivity contribution is 7.99. The smallest absolute Gasteiger partial charge is 0.375 e. The third-order valence-electron chi connectivity index (χ3n) is 2.30. The summed E-state index contributed by atoms with van der Waals surface area (Å²) in [6.07, 6.45) is 2.11. The number of nitrogens with one attached hydrogen (secondary N) is 1. The lowest BCUT2D eigenvalue weighted by Gasteiger charge is -2.18. The van der Waals surface area contributed by atoms with Crippen molar-refractivity contribution in [2.45, 2.75) is 18.8 Å². The van der Waals surface area contributed by atoms with Crippen molar-refractivity contribution in [3.8, 4) is 0 Å². The Hall–Kier alpha value is -1.04. The van der Waals surface area contributed by atoms with Crippen LogP contribution in [0.5, 0.6) is 0 Å². The maximum Gasteiger partial charge on any atom is 0.375 e. The molecule has 1 fully saturated rings. The minimum absolute atomic E-state index is 0.127. The predicted molar refractivity (Wildman–Crippen MR) is 52.6 cm³/mol. The lowest BCUT2D eigenvalue weighted by molar-refractivity contribution is 0.0684. The van der Waals surface area contributed by atoms with Crippen LogP contribution in [0.2, 0.25) is 0 Å². The highest BCUT2D eigenvalue weighted by Crippen LogP contribution is 2.29. The topological polar surface area (TPSA) is 78.9 Å². The van der Waals surface area contributed by atoms with Gasteiger partial charge in [0.2, 0.25) is 0 Å². The second-order valence-electron chi connectivity index (χ2n) is 3.24. The van der Waals surface area contributed by atoms with Gasteiger partial charge in [0.15, 0.2) is 0 Å². The van der Waals surface area contributed by atoms with Gasteiger partial charge in [-0.2, -0.15) is 11.8 Å². The third kappa shape index (κ3) is 1.89. The van der Waals surface area contributed by atoms with Gasteiger partial charge in [0.05, 0.1) is 0 Å². The summed E-state index contributed by atoms with van der Waals surface area (Å²) in [6, 6.07) is 0. The van der Waals surface area contributed by atoms with Crippen molar-refractivity contribution in [3.63, 3.8) is 0 Å². The van der Waals surface area contributed by atoms with Crippen LogP contribution in [-0.2, 0) is 0 Å². The number of hydrogen-bond donors (Lipinski definition) is 2. The van der Waals surface area contributed by atoms with Crippen molar-refractivity contribution in [1.82, 2.24) is 15.2 Å². The van der Waals surface area contributed by atoms with Gasteiger partial charge in [-0.25, -0.2) is 9.78 Å². The minimum Gasteiger partial charge on any atom is -0.475 e. The van der Waals surface area contributed by atoms with Crippen molar-refractivity contribution in [2.75, 3.05) is 11.5 Å². The van der Waals surface area contributed by atoms with E-state index in [0.717, 1.165) is 30.2 Å². The Morgan fingerprint density at radius 2 is 2.21 bits per heavy atom. The van der Waals surface area contributed by atoms with Crippen LogP contribution in [0.15, 0.2) is 0 Å². The molecule has 0 atom stereocenters. The number of aromatic amines is 1. The van der Waals surface area contributed by atoms with Crippen LogP contribution >= 0.6 is 11.8 Å². The summed E-state index contributed by atoms with van der Waals surface area (Å²) < 4.78 is 0. The number of thioether (sulfide) groups is 1. The Morgan fingerprint density at radius 1 is 1.50 bits per heavy atom. The maximum absolute atomic E-state index is 10.5. The first-order valence-electron chi connectivity index (χ1n) is 4.50. The number of aromatic nitrogens is 3. The monoisotopic (exact) mass is 213 g/mol. The SMILES string of the molecule is O=C(O)c1n[nH]c(C2CCSCC2)n1. The van der Waals surface area contributed by atoms with Gasteiger partial charge in [-0.3, -0.25) is 5.10 Å². The zero-order valence-electron chi connectivity index (χ0n) is 7.56. The van der Waals surface area contributed by atoms with Gasteiger partial charge in [-0.15, -0.1) is 5.10 Å². The molecule has 1 aliphatic rings. The molecule has 0 amide bonds. The van der Waals surface area contributed by atoms with Crippen LogP contribution in [0.25, 0.3) is 0 Å². The molecule has 6 heteroatoms. The van der Waals surface area contributed by atoms with Crippen LogP contribution < -0.4 is 0 Å². The summed E-state index contributed by atoms with van der Waals surface area (Å²) >= 11 is 1.93. The van der Waals surface area contributed by atoms with Gasteiger partial charge in [-0.05, 0) is 24.3 Å². The van der Waals surface area contributed by atoms with E-state index in [1.807, 2.05) is 11.8 Å². The van der Waals surface area contributed by atoms with E-state index >= 15 is 0 Å². The molecule has 5 nitrogen and oxygen atoms in total. The first-order valence-corrected chi connectivity index (χ1v) is 5.66. The van der Waals surface area contributed by atoms with Crippen molar-refractivity contribution in [3.05, 3.63) is 11.6 Å². The van der Waals surface area contributed by atoms with E-state index < -0.39 is 5.97 Å². The van der Waals surface area contributed by atoms with Gasteiger partial charge in [-0.1, -0.05) is 0 Å². The first-order chi connectivity index (χ1) is 6.77. The van der Waals surface area contributed by atoms with Crippen molar-refractivity contribution in [2.24, 2.45) is 0 Å². The van der Waals surface area contributed by atoms with Crippen LogP contribution in [0.3, 0.4) is 0 Å². The minimum atomic E-state index is -1.07. The van der Waals surface area contributed by atoms with E-state index in [1.165, 1.54) is 0 Å². The predicted octanol–water partition coefficient (Wildman–Crippen LogP) is 1.11. The molecule has 1 aliphatic heterocycles. The maximum atomic E-state index is 10.5. The zero-order chi connectivity index (χ0) is 9.97. The molecule has 0 aliphatic carbocycles. The molecular weight excluding hydrogens is 202 g/mol. The fourth-order valence-electron chi connectivity index (χ4n) is 1.52.